The smallest absolute Gasteiger partial charge is 0.143 e. The van der Waals surface area contributed by atoms with Gasteiger partial charge in [-0.25, -0.2) is 19.9 Å². The van der Waals surface area contributed by atoms with E-state index in [1.54, 1.807) is 136 Å². The zero-order valence-corrected chi connectivity index (χ0v) is 29.6. The molecule has 0 saturated heterocycles. The zero-order chi connectivity index (χ0) is 39.7. The van der Waals surface area contributed by atoms with Gasteiger partial charge in [-0.05, 0) is 91.0 Å². The third-order valence-electron chi connectivity index (χ3n) is 8.51. The second kappa shape index (κ2) is 16.1. The summed E-state index contributed by atoms with van der Waals surface area (Å²) in [6.45, 7) is 0. The number of aromatic nitrogens is 4. The van der Waals surface area contributed by atoms with E-state index in [2.05, 4.69) is 51.4 Å². The number of rotatable bonds is 9. The van der Waals surface area contributed by atoms with Gasteiger partial charge in [-0.15, -0.1) is 0 Å². The second-order valence-corrected chi connectivity index (χ2v) is 12.1. The molecule has 57 heavy (non-hydrogen) atoms. The van der Waals surface area contributed by atoms with Crippen LogP contribution in [0.15, 0.2) is 140 Å². The van der Waals surface area contributed by atoms with Crippen LogP contribution in [0.3, 0.4) is 0 Å². The lowest BCUT2D eigenvalue weighted by atomic mass is 10.1. The Hall–Kier alpha value is -9.40. The lowest BCUT2D eigenvalue weighted by Crippen LogP contribution is -2.20. The van der Waals surface area contributed by atoms with Crippen LogP contribution < -0.4 is 14.7 Å². The van der Waals surface area contributed by atoms with Crippen LogP contribution in [0.4, 0.5) is 51.8 Å². The predicted molar refractivity (Wildman–Crippen MR) is 210 cm³/mol. The van der Waals surface area contributed by atoms with Gasteiger partial charge in [0.2, 0.25) is 0 Å². The lowest BCUT2D eigenvalue weighted by molar-refractivity contribution is 1.07. The van der Waals surface area contributed by atoms with Gasteiger partial charge in [-0.3, -0.25) is 14.7 Å². The number of nitriles is 6. The Morgan fingerprint density at radius 3 is 0.982 bits per heavy atom. The van der Waals surface area contributed by atoms with Crippen LogP contribution in [0.1, 0.15) is 33.4 Å². The van der Waals surface area contributed by atoms with E-state index in [1.165, 1.54) is 18.6 Å². The fourth-order valence-corrected chi connectivity index (χ4v) is 6.00. The Morgan fingerprint density at radius 1 is 0.316 bits per heavy atom. The minimum atomic E-state index is 0.246. The maximum absolute atomic E-state index is 9.92. The van der Waals surface area contributed by atoms with Gasteiger partial charge in [0.05, 0.1) is 86.9 Å². The molecule has 4 aromatic heterocycles. The Morgan fingerprint density at radius 2 is 0.632 bits per heavy atom. The van der Waals surface area contributed by atoms with E-state index in [4.69, 9.17) is 4.98 Å². The van der Waals surface area contributed by atoms with Crippen molar-refractivity contribution in [2.24, 2.45) is 0 Å². The molecule has 0 aliphatic heterocycles. The molecule has 0 amide bonds. The van der Waals surface area contributed by atoms with Crippen molar-refractivity contribution in [1.82, 2.24) is 19.9 Å². The van der Waals surface area contributed by atoms with Gasteiger partial charge in [0.25, 0.3) is 0 Å². The number of nitrogens with zero attached hydrogens (tertiary/aromatic N) is 13. The molecule has 13 heteroatoms. The van der Waals surface area contributed by atoms with Gasteiger partial charge in [0.1, 0.15) is 29.1 Å². The highest BCUT2D eigenvalue weighted by atomic mass is 15.3. The van der Waals surface area contributed by atoms with Gasteiger partial charge < -0.3 is 0 Å². The van der Waals surface area contributed by atoms with Crippen LogP contribution in [0.2, 0.25) is 0 Å². The number of benzene rings is 3. The van der Waals surface area contributed by atoms with Crippen molar-refractivity contribution < 1.29 is 0 Å². The standard InChI is InChI=1S/C44H23N13/c45-24-30-4-1-7-36(16-30)55(40-19-33(27-48)10-13-51-40)39-22-43(56(37-8-2-5-31(17-37)25-46)41-20-34(28-49)11-14-52-41)54-44(23-39)57(38-9-3-6-32(18-38)26-47)42-21-35(29-50)12-15-53-42/h1-23H. The van der Waals surface area contributed by atoms with E-state index in [9.17, 15) is 31.6 Å². The molecule has 4 heterocycles. The summed E-state index contributed by atoms with van der Waals surface area (Å²) in [6.07, 6.45) is 4.49. The summed E-state index contributed by atoms with van der Waals surface area (Å²) >= 11 is 0. The largest absolute Gasteiger partial charge is 0.295 e. The van der Waals surface area contributed by atoms with Gasteiger partial charge in [0.15, 0.2) is 0 Å². The molecule has 0 N–H and O–H groups in total. The van der Waals surface area contributed by atoms with Gasteiger partial charge in [-0.1, -0.05) is 18.2 Å². The first-order valence-electron chi connectivity index (χ1n) is 17.0. The van der Waals surface area contributed by atoms with E-state index < -0.39 is 0 Å². The van der Waals surface area contributed by atoms with Crippen LogP contribution in [0.5, 0.6) is 0 Å². The molecule has 0 radical (unpaired) electrons. The fourth-order valence-electron chi connectivity index (χ4n) is 6.00. The maximum Gasteiger partial charge on any atom is 0.143 e. The Balaban J connectivity index is 1.61. The summed E-state index contributed by atoms with van der Waals surface area (Å²) < 4.78 is 0. The predicted octanol–water partition coefficient (Wildman–Crippen LogP) is 8.91. The highest BCUT2D eigenvalue weighted by Crippen LogP contribution is 2.43. The molecule has 7 aromatic rings. The van der Waals surface area contributed by atoms with Crippen LogP contribution in [-0.2, 0) is 0 Å². The highest BCUT2D eigenvalue weighted by Gasteiger charge is 2.26. The molecule has 0 aliphatic rings. The van der Waals surface area contributed by atoms with Crippen molar-refractivity contribution in [3.05, 3.63) is 173 Å². The van der Waals surface area contributed by atoms with Crippen molar-refractivity contribution in [1.29, 1.82) is 31.6 Å². The molecule has 0 unspecified atom stereocenters. The van der Waals surface area contributed by atoms with E-state index in [-0.39, 0.29) is 11.6 Å². The lowest BCUT2D eigenvalue weighted by Gasteiger charge is -2.31. The Labute approximate surface area is 326 Å². The summed E-state index contributed by atoms with van der Waals surface area (Å²) in [5.41, 5.74) is 3.95. The van der Waals surface area contributed by atoms with Crippen molar-refractivity contribution in [3.63, 3.8) is 0 Å². The average Bonchev–Trinajstić information content (AvgIpc) is 3.27. The normalized spacial score (nSPS) is 10.0. The third-order valence-corrected chi connectivity index (χ3v) is 8.51. The van der Waals surface area contributed by atoms with E-state index in [1.807, 2.05) is 0 Å². The number of anilines is 9. The number of pyridine rings is 4. The summed E-state index contributed by atoms with van der Waals surface area (Å²) in [4.78, 5) is 24.2. The second-order valence-electron chi connectivity index (χ2n) is 12.1. The van der Waals surface area contributed by atoms with Crippen LogP contribution in [-0.4, -0.2) is 19.9 Å². The van der Waals surface area contributed by atoms with Crippen molar-refractivity contribution in [3.8, 4) is 36.4 Å². The number of hydrogen-bond donors (Lipinski definition) is 0. The molecule has 0 spiro atoms. The monoisotopic (exact) mass is 733 g/mol. The van der Waals surface area contributed by atoms with Crippen LogP contribution in [0.25, 0.3) is 0 Å². The summed E-state index contributed by atoms with van der Waals surface area (Å²) in [5, 5.41) is 59.5. The molecule has 0 saturated carbocycles. The molecule has 13 nitrogen and oxygen atoms in total. The molecule has 0 atom stereocenters. The molecular formula is C44H23N13. The third kappa shape index (κ3) is 7.58. The molecule has 0 bridgehead atoms. The molecule has 3 aromatic carbocycles. The Bertz CT molecular complexity index is 2430. The van der Waals surface area contributed by atoms with Gasteiger partial charge in [0, 0.05) is 36.4 Å². The first-order valence-corrected chi connectivity index (χ1v) is 17.0. The summed E-state index contributed by atoms with van der Waals surface area (Å²) in [6, 6.07) is 46.5. The van der Waals surface area contributed by atoms with E-state index in [0.717, 1.165) is 0 Å². The van der Waals surface area contributed by atoms with Crippen molar-refractivity contribution >= 4 is 51.8 Å². The highest BCUT2D eigenvalue weighted by molar-refractivity contribution is 5.85. The van der Waals surface area contributed by atoms with E-state index >= 15 is 0 Å². The molecule has 7 rings (SSSR count). The molecule has 264 valence electrons. The molecule has 0 aliphatic carbocycles. The first-order chi connectivity index (χ1) is 27.9. The number of hydrogen-bond acceptors (Lipinski definition) is 13. The Kier molecular flexibility index (Phi) is 10.2. The molecular weight excluding hydrogens is 711 g/mol. The first kappa shape index (κ1) is 36.0. The fraction of sp³-hybridized carbons (Fsp3) is 0. The van der Waals surface area contributed by atoms with Gasteiger partial charge >= 0.3 is 0 Å². The van der Waals surface area contributed by atoms with Crippen LogP contribution >= 0.6 is 0 Å². The topological polar surface area (TPSA) is 204 Å². The van der Waals surface area contributed by atoms with Crippen LogP contribution in [0, 0.1) is 68.0 Å². The summed E-state index contributed by atoms with van der Waals surface area (Å²) in [5.74, 6) is 1.42. The zero-order valence-electron chi connectivity index (χ0n) is 29.6. The van der Waals surface area contributed by atoms with Crippen molar-refractivity contribution in [2.45, 2.75) is 0 Å². The van der Waals surface area contributed by atoms with Crippen molar-refractivity contribution in [2.75, 3.05) is 14.7 Å². The maximum atomic E-state index is 9.92. The summed E-state index contributed by atoms with van der Waals surface area (Å²) in [7, 11) is 0. The quantitative estimate of drug-likeness (QED) is 0.136. The van der Waals surface area contributed by atoms with Gasteiger partial charge in [-0.2, -0.15) is 31.6 Å². The average molecular weight is 734 g/mol. The molecule has 0 fully saturated rings. The SMILES string of the molecule is N#Cc1cccc(N(c2cc(N(c3cccc(C#N)c3)c3cc(C#N)ccn3)nc(N(c3cccc(C#N)c3)c3cc(C#N)ccn3)c2)c2cc(C#N)ccn2)c1. The minimum absolute atomic E-state index is 0.246. The van der Waals surface area contributed by atoms with E-state index in [0.29, 0.717) is 73.6 Å². The minimum Gasteiger partial charge on any atom is -0.295 e.